The molecule has 0 aliphatic rings. The minimum atomic E-state index is -0.337. The highest BCUT2D eigenvalue weighted by molar-refractivity contribution is 9.10. The molecule has 0 radical (unpaired) electrons. The van der Waals surface area contributed by atoms with Crippen molar-refractivity contribution in [3.63, 3.8) is 0 Å². The third-order valence-corrected chi connectivity index (χ3v) is 4.30. The zero-order valence-corrected chi connectivity index (χ0v) is 13.9. The van der Waals surface area contributed by atoms with Gasteiger partial charge in [0.2, 0.25) is 0 Å². The smallest absolute Gasteiger partial charge is 0.139 e. The standard InChI is InChI=1S/C15H10BrCl2FN2/c16-11-5-14-13(6-12(11)19)20-15(7-17)21(14)8-9-2-1-3-10(18)4-9/h1-6H,7-8H2. The highest BCUT2D eigenvalue weighted by Crippen LogP contribution is 2.26. The summed E-state index contributed by atoms with van der Waals surface area (Å²) in [7, 11) is 0. The van der Waals surface area contributed by atoms with E-state index >= 15 is 0 Å². The molecule has 0 saturated heterocycles. The largest absolute Gasteiger partial charge is 0.322 e. The molecule has 3 aromatic rings. The molecule has 0 amide bonds. The Hall–Kier alpha value is -1.10. The first-order valence-electron chi connectivity index (χ1n) is 6.23. The van der Waals surface area contributed by atoms with Crippen molar-refractivity contribution in [3.05, 3.63) is 63.1 Å². The summed E-state index contributed by atoms with van der Waals surface area (Å²) < 4.78 is 16.0. The van der Waals surface area contributed by atoms with Gasteiger partial charge >= 0.3 is 0 Å². The van der Waals surface area contributed by atoms with Crippen LogP contribution < -0.4 is 0 Å². The summed E-state index contributed by atoms with van der Waals surface area (Å²) in [6, 6.07) is 10.7. The molecule has 0 fully saturated rings. The van der Waals surface area contributed by atoms with Crippen molar-refractivity contribution < 1.29 is 4.39 Å². The quantitative estimate of drug-likeness (QED) is 0.551. The molecule has 21 heavy (non-hydrogen) atoms. The van der Waals surface area contributed by atoms with E-state index in [9.17, 15) is 4.39 Å². The average Bonchev–Trinajstić information content (AvgIpc) is 2.77. The summed E-state index contributed by atoms with van der Waals surface area (Å²) >= 11 is 15.2. The van der Waals surface area contributed by atoms with Crippen molar-refractivity contribution in [2.45, 2.75) is 12.4 Å². The van der Waals surface area contributed by atoms with Crippen LogP contribution in [0.5, 0.6) is 0 Å². The fourth-order valence-electron chi connectivity index (χ4n) is 2.27. The number of aromatic nitrogens is 2. The second-order valence-electron chi connectivity index (χ2n) is 4.63. The number of hydrogen-bond acceptors (Lipinski definition) is 1. The van der Waals surface area contributed by atoms with Gasteiger partial charge in [0.25, 0.3) is 0 Å². The van der Waals surface area contributed by atoms with Crippen LogP contribution in [0.3, 0.4) is 0 Å². The van der Waals surface area contributed by atoms with Crippen molar-refractivity contribution in [1.82, 2.24) is 9.55 Å². The maximum absolute atomic E-state index is 13.6. The molecule has 1 aromatic heterocycles. The van der Waals surface area contributed by atoms with Crippen LogP contribution in [0.4, 0.5) is 4.39 Å². The molecule has 3 rings (SSSR count). The Bertz CT molecular complexity index is 817. The van der Waals surface area contributed by atoms with Gasteiger partial charge in [-0.1, -0.05) is 23.7 Å². The SMILES string of the molecule is Fc1cc2nc(CCl)n(Cc3cccc(Cl)c3)c2cc1Br. The van der Waals surface area contributed by atoms with E-state index in [0.717, 1.165) is 11.1 Å². The predicted octanol–water partition coefficient (Wildman–Crippen LogP) is 5.38. The molecule has 0 atom stereocenters. The summed E-state index contributed by atoms with van der Waals surface area (Å²) in [5, 5.41) is 0.677. The Kier molecular flexibility index (Phi) is 4.20. The van der Waals surface area contributed by atoms with Crippen LogP contribution in [0.1, 0.15) is 11.4 Å². The molecule has 0 aliphatic heterocycles. The summed E-state index contributed by atoms with van der Waals surface area (Å²) in [6.45, 7) is 0.581. The highest BCUT2D eigenvalue weighted by Gasteiger charge is 2.13. The van der Waals surface area contributed by atoms with Crippen LogP contribution in [-0.4, -0.2) is 9.55 Å². The molecule has 0 bridgehead atoms. The van der Waals surface area contributed by atoms with Crippen LogP contribution in [-0.2, 0) is 12.4 Å². The Morgan fingerprint density at radius 1 is 1.24 bits per heavy atom. The Labute approximate surface area is 139 Å². The number of alkyl halides is 1. The molecular formula is C15H10BrCl2FN2. The lowest BCUT2D eigenvalue weighted by atomic mass is 10.2. The van der Waals surface area contributed by atoms with Gasteiger partial charge in [0.1, 0.15) is 11.6 Å². The zero-order chi connectivity index (χ0) is 15.0. The molecule has 0 unspecified atom stereocenters. The predicted molar refractivity (Wildman–Crippen MR) is 87.5 cm³/mol. The molecule has 6 heteroatoms. The first-order valence-corrected chi connectivity index (χ1v) is 7.93. The molecule has 2 nitrogen and oxygen atoms in total. The van der Waals surface area contributed by atoms with E-state index in [2.05, 4.69) is 20.9 Å². The first-order chi connectivity index (χ1) is 10.1. The minimum Gasteiger partial charge on any atom is -0.322 e. The van der Waals surface area contributed by atoms with E-state index in [4.69, 9.17) is 23.2 Å². The van der Waals surface area contributed by atoms with Crippen molar-refractivity contribution in [1.29, 1.82) is 0 Å². The molecule has 0 aliphatic carbocycles. The van der Waals surface area contributed by atoms with Crippen LogP contribution in [0.2, 0.25) is 5.02 Å². The van der Waals surface area contributed by atoms with Gasteiger partial charge in [0, 0.05) is 17.6 Å². The lowest BCUT2D eigenvalue weighted by molar-refractivity contribution is 0.622. The van der Waals surface area contributed by atoms with E-state index in [1.54, 1.807) is 6.07 Å². The molecule has 2 aromatic carbocycles. The lowest BCUT2D eigenvalue weighted by Crippen LogP contribution is -2.03. The van der Waals surface area contributed by atoms with E-state index in [-0.39, 0.29) is 11.7 Å². The Balaban J connectivity index is 2.14. The first kappa shape index (κ1) is 14.8. The minimum absolute atomic E-state index is 0.258. The van der Waals surface area contributed by atoms with Crippen molar-refractivity contribution in [2.75, 3.05) is 0 Å². The lowest BCUT2D eigenvalue weighted by Gasteiger charge is -2.08. The Morgan fingerprint density at radius 3 is 2.76 bits per heavy atom. The molecule has 0 saturated carbocycles. The third-order valence-electron chi connectivity index (χ3n) is 3.22. The highest BCUT2D eigenvalue weighted by atomic mass is 79.9. The third kappa shape index (κ3) is 2.93. The van der Waals surface area contributed by atoms with Crippen LogP contribution in [0.15, 0.2) is 40.9 Å². The number of halogens is 4. The van der Waals surface area contributed by atoms with Gasteiger partial charge in [0.05, 0.1) is 21.4 Å². The summed E-state index contributed by atoms with van der Waals surface area (Å²) in [4.78, 5) is 4.39. The topological polar surface area (TPSA) is 17.8 Å². The molecule has 0 N–H and O–H groups in total. The van der Waals surface area contributed by atoms with Gasteiger partial charge in [0.15, 0.2) is 0 Å². The molecular weight excluding hydrogens is 378 g/mol. The second kappa shape index (κ2) is 5.95. The zero-order valence-electron chi connectivity index (χ0n) is 10.8. The molecule has 0 spiro atoms. The molecule has 108 valence electrons. The fraction of sp³-hybridized carbons (Fsp3) is 0.133. The van der Waals surface area contributed by atoms with E-state index in [1.165, 1.54) is 6.07 Å². The maximum Gasteiger partial charge on any atom is 0.139 e. The maximum atomic E-state index is 13.6. The van der Waals surface area contributed by atoms with Crippen molar-refractivity contribution in [3.8, 4) is 0 Å². The number of nitrogens with zero attached hydrogens (tertiary/aromatic N) is 2. The number of imidazole rings is 1. The monoisotopic (exact) mass is 386 g/mol. The van der Waals surface area contributed by atoms with Crippen molar-refractivity contribution >= 4 is 50.2 Å². The number of hydrogen-bond donors (Lipinski definition) is 0. The average molecular weight is 388 g/mol. The number of benzene rings is 2. The van der Waals surface area contributed by atoms with Gasteiger partial charge in [-0.15, -0.1) is 11.6 Å². The summed E-state index contributed by atoms with van der Waals surface area (Å²) in [5.41, 5.74) is 2.46. The van der Waals surface area contributed by atoms with E-state index in [1.807, 2.05) is 28.8 Å². The van der Waals surface area contributed by atoms with Crippen LogP contribution in [0, 0.1) is 5.82 Å². The fourth-order valence-corrected chi connectivity index (χ4v) is 3.01. The Morgan fingerprint density at radius 2 is 2.05 bits per heavy atom. The second-order valence-corrected chi connectivity index (χ2v) is 6.19. The van der Waals surface area contributed by atoms with Gasteiger partial charge in [-0.05, 0) is 39.7 Å². The number of fused-ring (bicyclic) bond motifs is 1. The summed E-state index contributed by atoms with van der Waals surface area (Å²) in [5.74, 6) is 0.620. The van der Waals surface area contributed by atoms with E-state index < -0.39 is 0 Å². The number of rotatable bonds is 3. The van der Waals surface area contributed by atoms with Crippen LogP contribution in [0.25, 0.3) is 11.0 Å². The summed E-state index contributed by atoms with van der Waals surface area (Å²) in [6.07, 6.45) is 0. The van der Waals surface area contributed by atoms with Gasteiger partial charge in [-0.3, -0.25) is 0 Å². The van der Waals surface area contributed by atoms with Crippen LogP contribution >= 0.6 is 39.1 Å². The normalized spacial score (nSPS) is 11.2. The molecule has 1 heterocycles. The van der Waals surface area contributed by atoms with Gasteiger partial charge in [-0.25, -0.2) is 9.37 Å². The van der Waals surface area contributed by atoms with Gasteiger partial charge < -0.3 is 4.57 Å². The van der Waals surface area contributed by atoms with E-state index in [0.29, 0.717) is 27.4 Å². The van der Waals surface area contributed by atoms with Gasteiger partial charge in [-0.2, -0.15) is 0 Å². The van der Waals surface area contributed by atoms with Crippen molar-refractivity contribution in [2.24, 2.45) is 0 Å².